The molecule has 1 unspecified atom stereocenters. The van der Waals surface area contributed by atoms with Crippen molar-refractivity contribution in [2.24, 2.45) is 0 Å². The van der Waals surface area contributed by atoms with E-state index in [4.69, 9.17) is 0 Å². The molecule has 1 aliphatic carbocycles. The average Bonchev–Trinajstić information content (AvgIpc) is 3.13. The number of aromatic hydroxyl groups is 1. The lowest BCUT2D eigenvalue weighted by Crippen LogP contribution is -2.50. The fourth-order valence-electron chi connectivity index (χ4n) is 2.10. The zero-order chi connectivity index (χ0) is 13.3. The third-order valence-electron chi connectivity index (χ3n) is 3.39. The van der Waals surface area contributed by atoms with Gasteiger partial charge in [-0.2, -0.15) is 0 Å². The fraction of sp³-hybridized carbons (Fsp3) is 0.385. The van der Waals surface area contributed by atoms with E-state index in [1.807, 2.05) is 0 Å². The van der Waals surface area contributed by atoms with Crippen molar-refractivity contribution >= 4 is 12.4 Å². The highest BCUT2D eigenvalue weighted by Gasteiger charge is 2.47. The minimum Gasteiger partial charge on any atom is -0.508 e. The number of carbonyl (C=O) groups excluding carboxylic acids is 1. The number of nitrogens with zero attached hydrogens (tertiary/aromatic N) is 1. The molecular formula is C13H15NO4. The van der Waals surface area contributed by atoms with Crippen molar-refractivity contribution in [3.63, 3.8) is 0 Å². The van der Waals surface area contributed by atoms with Crippen molar-refractivity contribution in [3.05, 3.63) is 29.8 Å². The molecule has 0 aliphatic heterocycles. The van der Waals surface area contributed by atoms with E-state index >= 15 is 0 Å². The number of aliphatic carboxylic acids is 1. The van der Waals surface area contributed by atoms with Gasteiger partial charge in [-0.3, -0.25) is 4.79 Å². The van der Waals surface area contributed by atoms with Crippen LogP contribution in [-0.2, 0) is 15.1 Å². The van der Waals surface area contributed by atoms with Gasteiger partial charge in [-0.15, -0.1) is 0 Å². The molecule has 96 valence electrons. The van der Waals surface area contributed by atoms with E-state index in [0.717, 1.165) is 12.8 Å². The largest absolute Gasteiger partial charge is 0.508 e. The van der Waals surface area contributed by atoms with Gasteiger partial charge in [-0.05, 0) is 37.5 Å². The van der Waals surface area contributed by atoms with Gasteiger partial charge >= 0.3 is 5.97 Å². The topological polar surface area (TPSA) is 77.8 Å². The van der Waals surface area contributed by atoms with Crippen LogP contribution in [0.2, 0.25) is 0 Å². The minimum atomic E-state index is -1.44. The molecule has 2 N–H and O–H groups in total. The molecule has 5 nitrogen and oxygen atoms in total. The molecule has 1 saturated carbocycles. The Morgan fingerprint density at radius 2 is 2.17 bits per heavy atom. The first-order valence-corrected chi connectivity index (χ1v) is 5.76. The van der Waals surface area contributed by atoms with Gasteiger partial charge in [0, 0.05) is 6.04 Å². The summed E-state index contributed by atoms with van der Waals surface area (Å²) in [5.41, 5.74) is -1.05. The Labute approximate surface area is 105 Å². The SMILES string of the molecule is CC(C(=O)O)(c1cccc(O)c1)N(C=O)C1CC1. The van der Waals surface area contributed by atoms with Gasteiger partial charge in [0.05, 0.1) is 0 Å². The first-order valence-electron chi connectivity index (χ1n) is 5.76. The molecule has 1 amide bonds. The van der Waals surface area contributed by atoms with Crippen molar-refractivity contribution < 1.29 is 19.8 Å². The number of phenols is 1. The average molecular weight is 249 g/mol. The summed E-state index contributed by atoms with van der Waals surface area (Å²) in [6.07, 6.45) is 2.22. The molecule has 0 radical (unpaired) electrons. The molecule has 1 aliphatic rings. The lowest BCUT2D eigenvalue weighted by molar-refractivity contribution is -0.155. The molecule has 1 atom stereocenters. The summed E-state index contributed by atoms with van der Waals surface area (Å²) in [5.74, 6) is -1.12. The monoisotopic (exact) mass is 249 g/mol. The fourth-order valence-corrected chi connectivity index (χ4v) is 2.10. The van der Waals surface area contributed by atoms with Crippen LogP contribution in [0.15, 0.2) is 24.3 Å². The first kappa shape index (κ1) is 12.4. The maximum Gasteiger partial charge on any atom is 0.334 e. The van der Waals surface area contributed by atoms with Gasteiger partial charge < -0.3 is 15.1 Å². The minimum absolute atomic E-state index is 0.0124. The van der Waals surface area contributed by atoms with Crippen LogP contribution in [0.5, 0.6) is 5.75 Å². The van der Waals surface area contributed by atoms with Crippen LogP contribution in [0.25, 0.3) is 0 Å². The summed E-state index contributed by atoms with van der Waals surface area (Å²) in [7, 11) is 0. The van der Waals surface area contributed by atoms with Gasteiger partial charge in [0.2, 0.25) is 6.41 Å². The van der Waals surface area contributed by atoms with Crippen molar-refractivity contribution in [1.82, 2.24) is 4.90 Å². The van der Waals surface area contributed by atoms with Crippen LogP contribution in [0.1, 0.15) is 25.3 Å². The third-order valence-corrected chi connectivity index (χ3v) is 3.39. The number of hydrogen-bond acceptors (Lipinski definition) is 3. The zero-order valence-electron chi connectivity index (χ0n) is 10.0. The predicted molar refractivity (Wildman–Crippen MR) is 64.0 cm³/mol. The van der Waals surface area contributed by atoms with E-state index in [2.05, 4.69) is 0 Å². The molecule has 1 aromatic carbocycles. The molecule has 5 heteroatoms. The molecule has 18 heavy (non-hydrogen) atoms. The molecule has 1 fully saturated rings. The summed E-state index contributed by atoms with van der Waals surface area (Å²) in [6, 6.07) is 6.00. The smallest absolute Gasteiger partial charge is 0.334 e. The van der Waals surface area contributed by atoms with Crippen molar-refractivity contribution in [2.45, 2.75) is 31.3 Å². The predicted octanol–water partition coefficient (Wildman–Crippen LogP) is 1.31. The summed E-state index contributed by atoms with van der Waals surface area (Å²) >= 11 is 0. The molecule has 0 spiro atoms. The maximum absolute atomic E-state index is 11.6. The third kappa shape index (κ3) is 1.92. The second kappa shape index (κ2) is 4.33. The highest BCUT2D eigenvalue weighted by Crippen LogP contribution is 2.38. The van der Waals surface area contributed by atoms with Crippen LogP contribution >= 0.6 is 0 Å². The Bertz CT molecular complexity index is 484. The van der Waals surface area contributed by atoms with Crippen LogP contribution in [0, 0.1) is 0 Å². The number of phenolic OH excluding ortho intramolecular Hbond substituents is 1. The van der Waals surface area contributed by atoms with Gasteiger partial charge in [0.15, 0.2) is 5.54 Å². The van der Waals surface area contributed by atoms with E-state index < -0.39 is 11.5 Å². The quantitative estimate of drug-likeness (QED) is 0.771. The Hall–Kier alpha value is -2.04. The van der Waals surface area contributed by atoms with Crippen LogP contribution in [0.3, 0.4) is 0 Å². The Morgan fingerprint density at radius 1 is 1.50 bits per heavy atom. The maximum atomic E-state index is 11.6. The van der Waals surface area contributed by atoms with Crippen molar-refractivity contribution in [3.8, 4) is 5.75 Å². The molecule has 2 rings (SSSR count). The number of hydrogen-bond donors (Lipinski definition) is 2. The van der Waals surface area contributed by atoms with Crippen molar-refractivity contribution in [1.29, 1.82) is 0 Å². The van der Waals surface area contributed by atoms with Gasteiger partial charge in [-0.1, -0.05) is 12.1 Å². The second-order valence-corrected chi connectivity index (χ2v) is 4.67. The van der Waals surface area contributed by atoms with Crippen LogP contribution in [0.4, 0.5) is 0 Å². The van der Waals surface area contributed by atoms with Gasteiger partial charge in [0.1, 0.15) is 5.75 Å². The van der Waals surface area contributed by atoms with Crippen molar-refractivity contribution in [2.75, 3.05) is 0 Å². The lowest BCUT2D eigenvalue weighted by Gasteiger charge is -2.35. The van der Waals surface area contributed by atoms with Crippen LogP contribution in [-0.4, -0.2) is 33.5 Å². The van der Waals surface area contributed by atoms with E-state index in [-0.39, 0.29) is 11.8 Å². The van der Waals surface area contributed by atoms with Gasteiger partial charge in [-0.25, -0.2) is 4.79 Å². The zero-order valence-corrected chi connectivity index (χ0v) is 10.0. The lowest BCUT2D eigenvalue weighted by atomic mass is 9.90. The Kier molecular flexibility index (Phi) is 2.98. The normalized spacial score (nSPS) is 17.8. The summed E-state index contributed by atoms with van der Waals surface area (Å²) < 4.78 is 0. The molecule has 1 aromatic rings. The first-order chi connectivity index (χ1) is 8.50. The number of carbonyl (C=O) groups is 2. The number of rotatable bonds is 5. The summed E-state index contributed by atoms with van der Waals surface area (Å²) in [4.78, 5) is 24.1. The second-order valence-electron chi connectivity index (χ2n) is 4.67. The highest BCUT2D eigenvalue weighted by molar-refractivity contribution is 5.83. The van der Waals surface area contributed by atoms with Gasteiger partial charge in [0.25, 0.3) is 0 Å². The number of benzene rings is 1. The number of amides is 1. The standard InChI is InChI=1S/C13H15NO4/c1-13(12(17)18,14(8-15)10-5-6-10)9-3-2-4-11(16)7-9/h2-4,7-8,10,16H,5-6H2,1H3,(H,17,18). The van der Waals surface area contributed by atoms with E-state index in [0.29, 0.717) is 12.0 Å². The Balaban J connectivity index is 2.49. The van der Waals surface area contributed by atoms with E-state index in [9.17, 15) is 19.8 Å². The molecule has 0 saturated heterocycles. The molecule has 0 bridgehead atoms. The molecular weight excluding hydrogens is 234 g/mol. The van der Waals surface area contributed by atoms with E-state index in [1.165, 1.54) is 24.0 Å². The summed E-state index contributed by atoms with van der Waals surface area (Å²) in [6.45, 7) is 1.48. The highest BCUT2D eigenvalue weighted by atomic mass is 16.4. The molecule has 0 heterocycles. The summed E-state index contributed by atoms with van der Waals surface area (Å²) in [5, 5.41) is 18.9. The van der Waals surface area contributed by atoms with Crippen LogP contribution < -0.4 is 0 Å². The number of carboxylic acids is 1. The molecule has 0 aromatic heterocycles. The Morgan fingerprint density at radius 3 is 2.61 bits per heavy atom. The number of carboxylic acid groups (broad SMARTS) is 1. The van der Waals surface area contributed by atoms with E-state index in [1.54, 1.807) is 12.1 Å².